The van der Waals surface area contributed by atoms with E-state index in [1.165, 1.54) is 0 Å². The molecule has 2 saturated heterocycles. The van der Waals surface area contributed by atoms with Crippen molar-refractivity contribution in [2.45, 2.75) is 25.9 Å². The molecular weight excluding hydrogens is 232 g/mol. The molecule has 0 aliphatic carbocycles. The number of rotatable bonds is 2. The van der Waals surface area contributed by atoms with Crippen molar-refractivity contribution in [3.8, 4) is 0 Å². The van der Waals surface area contributed by atoms with Crippen molar-refractivity contribution in [3.63, 3.8) is 0 Å². The molecule has 0 spiro atoms. The average molecular weight is 254 g/mol. The number of nitrogens with zero attached hydrogens (tertiary/aromatic N) is 2. The fraction of sp³-hybridized carbons (Fsp3) is 0.833. The van der Waals surface area contributed by atoms with Gasteiger partial charge in [0.15, 0.2) is 0 Å². The molecule has 6 nitrogen and oxygen atoms in total. The van der Waals surface area contributed by atoms with Gasteiger partial charge in [0.25, 0.3) is 0 Å². The molecule has 2 rings (SSSR count). The molecule has 2 heterocycles. The Morgan fingerprint density at radius 1 is 1.33 bits per heavy atom. The van der Waals surface area contributed by atoms with E-state index in [9.17, 15) is 9.59 Å². The van der Waals surface area contributed by atoms with Crippen LogP contribution in [0.2, 0.25) is 0 Å². The standard InChI is InChI=1S/C12H22N4O2/c1-9-6-16(7-10(2)14-9)12(18)8-15-4-3-13-5-11(15)17/h9-10,13-14H,3-8H2,1-2H3/t9-,10-/m1/s1. The van der Waals surface area contributed by atoms with Crippen molar-refractivity contribution in [3.05, 3.63) is 0 Å². The van der Waals surface area contributed by atoms with Gasteiger partial charge < -0.3 is 20.4 Å². The summed E-state index contributed by atoms with van der Waals surface area (Å²) in [5.41, 5.74) is 0. The van der Waals surface area contributed by atoms with Gasteiger partial charge in [-0.1, -0.05) is 0 Å². The monoisotopic (exact) mass is 254 g/mol. The smallest absolute Gasteiger partial charge is 0.242 e. The van der Waals surface area contributed by atoms with Crippen LogP contribution in [0.25, 0.3) is 0 Å². The van der Waals surface area contributed by atoms with Gasteiger partial charge in [0, 0.05) is 38.3 Å². The normalized spacial score (nSPS) is 29.6. The van der Waals surface area contributed by atoms with Gasteiger partial charge in [-0.05, 0) is 13.8 Å². The van der Waals surface area contributed by atoms with Crippen molar-refractivity contribution < 1.29 is 9.59 Å². The van der Waals surface area contributed by atoms with Crippen molar-refractivity contribution in [1.29, 1.82) is 0 Å². The fourth-order valence-corrected chi connectivity index (χ4v) is 2.61. The zero-order chi connectivity index (χ0) is 13.1. The lowest BCUT2D eigenvalue weighted by Crippen LogP contribution is -2.58. The van der Waals surface area contributed by atoms with Crippen molar-refractivity contribution in [1.82, 2.24) is 20.4 Å². The van der Waals surface area contributed by atoms with E-state index in [-0.39, 0.29) is 18.4 Å². The second-order valence-electron chi connectivity index (χ2n) is 5.26. The summed E-state index contributed by atoms with van der Waals surface area (Å²) in [5, 5.41) is 6.40. The lowest BCUT2D eigenvalue weighted by Gasteiger charge is -2.37. The summed E-state index contributed by atoms with van der Waals surface area (Å²) >= 11 is 0. The molecule has 102 valence electrons. The van der Waals surface area contributed by atoms with Gasteiger partial charge in [-0.3, -0.25) is 9.59 Å². The quantitative estimate of drug-likeness (QED) is 0.638. The number of amides is 2. The second kappa shape index (κ2) is 5.67. The molecule has 2 fully saturated rings. The number of carbonyl (C=O) groups is 2. The molecule has 2 amide bonds. The molecule has 2 N–H and O–H groups in total. The van der Waals surface area contributed by atoms with E-state index in [0.717, 1.165) is 19.6 Å². The first-order chi connectivity index (χ1) is 8.56. The summed E-state index contributed by atoms with van der Waals surface area (Å²) in [6, 6.07) is 0.632. The summed E-state index contributed by atoms with van der Waals surface area (Å²) in [6.07, 6.45) is 0. The van der Waals surface area contributed by atoms with Gasteiger partial charge in [-0.25, -0.2) is 0 Å². The van der Waals surface area contributed by atoms with Gasteiger partial charge in [0.2, 0.25) is 11.8 Å². The second-order valence-corrected chi connectivity index (χ2v) is 5.26. The molecule has 18 heavy (non-hydrogen) atoms. The highest BCUT2D eigenvalue weighted by Gasteiger charge is 2.27. The number of nitrogens with one attached hydrogen (secondary N) is 2. The Balaban J connectivity index is 1.88. The molecule has 0 aromatic rings. The maximum atomic E-state index is 12.2. The first kappa shape index (κ1) is 13.3. The zero-order valence-corrected chi connectivity index (χ0v) is 11.1. The predicted octanol–water partition coefficient (Wildman–Crippen LogP) is -1.37. The maximum absolute atomic E-state index is 12.2. The molecule has 2 aliphatic rings. The molecule has 0 unspecified atom stereocenters. The van der Waals surface area contributed by atoms with Crippen LogP contribution in [0.1, 0.15) is 13.8 Å². The van der Waals surface area contributed by atoms with E-state index in [1.54, 1.807) is 4.90 Å². The van der Waals surface area contributed by atoms with Crippen LogP contribution in [-0.2, 0) is 9.59 Å². The molecule has 2 atom stereocenters. The fourth-order valence-electron chi connectivity index (χ4n) is 2.61. The third-order valence-electron chi connectivity index (χ3n) is 3.42. The first-order valence-corrected chi connectivity index (χ1v) is 6.58. The minimum atomic E-state index is 0.0193. The van der Waals surface area contributed by atoms with E-state index < -0.39 is 0 Å². The highest BCUT2D eigenvalue weighted by atomic mass is 16.2. The Morgan fingerprint density at radius 2 is 2.00 bits per heavy atom. The number of piperazine rings is 2. The van der Waals surface area contributed by atoms with E-state index in [2.05, 4.69) is 24.5 Å². The van der Waals surface area contributed by atoms with Crippen LogP contribution in [0, 0.1) is 0 Å². The molecule has 0 radical (unpaired) electrons. The van der Waals surface area contributed by atoms with Crippen molar-refractivity contribution in [2.24, 2.45) is 0 Å². The summed E-state index contributed by atoms with van der Waals surface area (Å²) in [4.78, 5) is 27.3. The largest absolute Gasteiger partial charge is 0.338 e. The SMILES string of the molecule is C[C@@H]1CN(C(=O)CN2CCNCC2=O)C[C@@H](C)N1. The minimum absolute atomic E-state index is 0.0193. The lowest BCUT2D eigenvalue weighted by molar-refractivity contribution is -0.142. The summed E-state index contributed by atoms with van der Waals surface area (Å²) in [5.74, 6) is 0.0799. The van der Waals surface area contributed by atoms with E-state index in [4.69, 9.17) is 0 Å². The Hall–Kier alpha value is -1.14. The van der Waals surface area contributed by atoms with Crippen LogP contribution < -0.4 is 10.6 Å². The minimum Gasteiger partial charge on any atom is -0.338 e. The van der Waals surface area contributed by atoms with Gasteiger partial charge in [-0.2, -0.15) is 0 Å². The predicted molar refractivity (Wildman–Crippen MR) is 68.1 cm³/mol. The van der Waals surface area contributed by atoms with Gasteiger partial charge >= 0.3 is 0 Å². The van der Waals surface area contributed by atoms with Gasteiger partial charge in [-0.15, -0.1) is 0 Å². The van der Waals surface area contributed by atoms with Gasteiger partial charge in [0.1, 0.15) is 0 Å². The van der Waals surface area contributed by atoms with Crippen molar-refractivity contribution in [2.75, 3.05) is 39.3 Å². The highest BCUT2D eigenvalue weighted by Crippen LogP contribution is 2.06. The van der Waals surface area contributed by atoms with Crippen LogP contribution in [0.15, 0.2) is 0 Å². The Labute approximate surface area is 108 Å². The third-order valence-corrected chi connectivity index (χ3v) is 3.42. The zero-order valence-electron chi connectivity index (χ0n) is 11.1. The summed E-state index contributed by atoms with van der Waals surface area (Å²) in [6.45, 7) is 7.57. The Bertz CT molecular complexity index is 324. The van der Waals surface area contributed by atoms with E-state index >= 15 is 0 Å². The molecule has 2 aliphatic heterocycles. The van der Waals surface area contributed by atoms with E-state index in [1.807, 2.05) is 4.90 Å². The van der Waals surface area contributed by atoms with E-state index in [0.29, 0.717) is 25.2 Å². The number of carbonyl (C=O) groups excluding carboxylic acids is 2. The summed E-state index contributed by atoms with van der Waals surface area (Å²) < 4.78 is 0. The first-order valence-electron chi connectivity index (χ1n) is 6.58. The average Bonchev–Trinajstić information content (AvgIpc) is 2.31. The van der Waals surface area contributed by atoms with Crippen LogP contribution >= 0.6 is 0 Å². The van der Waals surface area contributed by atoms with Crippen LogP contribution in [0.5, 0.6) is 0 Å². The molecule has 0 aromatic carbocycles. The molecule has 0 bridgehead atoms. The maximum Gasteiger partial charge on any atom is 0.242 e. The summed E-state index contributed by atoms with van der Waals surface area (Å²) in [7, 11) is 0. The number of hydrogen-bond acceptors (Lipinski definition) is 4. The lowest BCUT2D eigenvalue weighted by atomic mass is 10.1. The topological polar surface area (TPSA) is 64.7 Å². The van der Waals surface area contributed by atoms with Crippen LogP contribution in [0.4, 0.5) is 0 Å². The van der Waals surface area contributed by atoms with Crippen LogP contribution in [0.3, 0.4) is 0 Å². The highest BCUT2D eigenvalue weighted by molar-refractivity contribution is 5.86. The van der Waals surface area contributed by atoms with Crippen LogP contribution in [-0.4, -0.2) is 73.0 Å². The third kappa shape index (κ3) is 3.20. The van der Waals surface area contributed by atoms with Gasteiger partial charge in [0.05, 0.1) is 13.1 Å². The van der Waals surface area contributed by atoms with Crippen molar-refractivity contribution >= 4 is 11.8 Å². The molecular formula is C12H22N4O2. The Morgan fingerprint density at radius 3 is 2.61 bits per heavy atom. The Kier molecular flexibility index (Phi) is 4.19. The number of hydrogen-bond donors (Lipinski definition) is 2. The molecule has 0 saturated carbocycles. The molecule has 6 heteroatoms. The molecule has 0 aromatic heterocycles.